The predicted octanol–water partition coefficient (Wildman–Crippen LogP) is 15.4. The van der Waals surface area contributed by atoms with Gasteiger partial charge in [-0.1, -0.05) is 121 Å². The van der Waals surface area contributed by atoms with Crippen molar-refractivity contribution in [1.82, 2.24) is 0 Å². The van der Waals surface area contributed by atoms with Crippen LogP contribution in [-0.2, 0) is 16.2 Å². The van der Waals surface area contributed by atoms with Gasteiger partial charge in [0.1, 0.15) is 16.7 Å². The first-order valence-corrected chi connectivity index (χ1v) is 23.4. The van der Waals surface area contributed by atoms with Crippen LogP contribution in [0.2, 0.25) is 0 Å². The summed E-state index contributed by atoms with van der Waals surface area (Å²) in [5, 5.41) is 7.05. The van der Waals surface area contributed by atoms with Crippen LogP contribution in [0.4, 0.5) is 27.8 Å². The molecule has 1 aliphatic carbocycles. The van der Waals surface area contributed by atoms with Crippen molar-refractivity contribution in [1.29, 1.82) is 0 Å². The van der Waals surface area contributed by atoms with Gasteiger partial charge in [0.2, 0.25) is 0 Å². The Labute approximate surface area is 372 Å². The van der Waals surface area contributed by atoms with Gasteiger partial charge in [0.15, 0.2) is 5.58 Å². The van der Waals surface area contributed by atoms with Crippen molar-refractivity contribution in [2.45, 2.75) is 84.5 Å². The number of nitrogens with zero attached hydrogens (tertiary/aromatic N) is 2. The highest BCUT2D eigenvalue weighted by atomic mass is 32.1. The zero-order valence-electron chi connectivity index (χ0n) is 37.2. The molecule has 0 bridgehead atoms. The van der Waals surface area contributed by atoms with Crippen LogP contribution in [0.3, 0.4) is 0 Å². The van der Waals surface area contributed by atoms with Crippen LogP contribution in [0.25, 0.3) is 65.1 Å². The van der Waals surface area contributed by atoms with Gasteiger partial charge in [0, 0.05) is 49.2 Å². The summed E-state index contributed by atoms with van der Waals surface area (Å²) in [6, 6.07) is 47.7. The van der Waals surface area contributed by atoms with Crippen molar-refractivity contribution in [3.8, 4) is 11.1 Å². The van der Waals surface area contributed by atoms with Gasteiger partial charge in [-0.15, -0.1) is 11.3 Å². The number of thiophene rings is 1. The average molecular weight is 837 g/mol. The molecule has 308 valence electrons. The zero-order chi connectivity index (χ0) is 42.9. The van der Waals surface area contributed by atoms with Crippen LogP contribution in [-0.4, -0.2) is 6.85 Å². The van der Waals surface area contributed by atoms with Crippen LogP contribution in [0.5, 0.6) is 0 Å². The molecule has 3 aromatic heterocycles. The van der Waals surface area contributed by atoms with E-state index in [9.17, 15) is 0 Å². The molecule has 0 N–H and O–H groups in total. The number of benzene rings is 7. The Morgan fingerprint density at radius 3 is 1.92 bits per heavy atom. The first kappa shape index (κ1) is 37.3. The highest BCUT2D eigenvalue weighted by Gasteiger charge is 2.49. The second-order valence-electron chi connectivity index (χ2n) is 20.8. The Bertz CT molecular complexity index is 3600. The molecule has 0 amide bonds. The monoisotopic (exact) mass is 836 g/mol. The number of fused-ring (bicyclic) bond motifs is 14. The third kappa shape index (κ3) is 5.10. The van der Waals surface area contributed by atoms with E-state index in [0.717, 1.165) is 67.4 Å². The molecule has 0 atom stereocenters. The lowest BCUT2D eigenvalue weighted by molar-refractivity contribution is 0.332. The molecule has 0 fully saturated rings. The third-order valence-corrected chi connectivity index (χ3v) is 16.2. The highest BCUT2D eigenvalue weighted by Crippen LogP contribution is 2.56. The van der Waals surface area contributed by atoms with E-state index in [4.69, 9.17) is 8.83 Å². The lowest BCUT2D eigenvalue weighted by atomic mass is 9.43. The molecule has 6 heteroatoms. The lowest BCUT2D eigenvalue weighted by Crippen LogP contribution is -2.61. The third-order valence-electron chi connectivity index (χ3n) is 15.0. The zero-order valence-corrected chi connectivity index (χ0v) is 38.1. The van der Waals surface area contributed by atoms with E-state index in [1.54, 1.807) is 0 Å². The fourth-order valence-corrected chi connectivity index (χ4v) is 12.7. The first-order chi connectivity index (χ1) is 30.3. The van der Waals surface area contributed by atoms with Gasteiger partial charge in [-0.2, -0.15) is 0 Å². The largest absolute Gasteiger partial charge is 0.456 e. The lowest BCUT2D eigenvalue weighted by Gasteiger charge is -2.46. The van der Waals surface area contributed by atoms with Crippen LogP contribution < -0.4 is 20.6 Å². The van der Waals surface area contributed by atoms with Gasteiger partial charge in [-0.3, -0.25) is 4.90 Å². The second-order valence-corrected chi connectivity index (χ2v) is 21.8. The molecule has 5 heterocycles. The van der Waals surface area contributed by atoms with Crippen molar-refractivity contribution < 1.29 is 8.83 Å². The van der Waals surface area contributed by atoms with Crippen LogP contribution in [0, 0.1) is 6.92 Å². The summed E-state index contributed by atoms with van der Waals surface area (Å²) < 4.78 is 15.2. The SMILES string of the molecule is Cc1cc2c(cc1N1c3sc4ccccc4c3B3c4c(cc5c(oc6ccccc65)c41)-c1cc4c(cc1N3c1ccc(C(C)(C)C)cc1)oc1ccccc14)C(C)(C)CCC2(C)C. The van der Waals surface area contributed by atoms with E-state index in [1.807, 2.05) is 11.3 Å². The highest BCUT2D eigenvalue weighted by molar-refractivity contribution is 7.26. The van der Waals surface area contributed by atoms with Gasteiger partial charge in [0.05, 0.1) is 16.4 Å². The molecule has 13 rings (SSSR count). The number of furan rings is 2. The van der Waals surface area contributed by atoms with Gasteiger partial charge >= 0.3 is 6.85 Å². The number of anilines is 5. The molecule has 0 spiro atoms. The van der Waals surface area contributed by atoms with Crippen molar-refractivity contribution in [2.75, 3.05) is 9.71 Å². The van der Waals surface area contributed by atoms with Gasteiger partial charge in [0.25, 0.3) is 0 Å². The minimum Gasteiger partial charge on any atom is -0.456 e. The fourth-order valence-electron chi connectivity index (χ4n) is 11.5. The van der Waals surface area contributed by atoms with Gasteiger partial charge in [-0.05, 0) is 129 Å². The Hall–Kier alpha value is -6.24. The van der Waals surface area contributed by atoms with Crippen LogP contribution >= 0.6 is 11.3 Å². The van der Waals surface area contributed by atoms with E-state index in [0.29, 0.717) is 0 Å². The summed E-state index contributed by atoms with van der Waals surface area (Å²) in [4.78, 5) is 5.25. The molecule has 3 aliphatic rings. The van der Waals surface area contributed by atoms with E-state index >= 15 is 0 Å². The topological polar surface area (TPSA) is 32.8 Å². The van der Waals surface area contributed by atoms with E-state index < -0.39 is 0 Å². The van der Waals surface area contributed by atoms with Gasteiger partial charge < -0.3 is 13.6 Å². The molecule has 7 aromatic carbocycles. The summed E-state index contributed by atoms with van der Waals surface area (Å²) in [6.45, 7) is 18.8. The molecule has 0 unspecified atom stereocenters. The Balaban J connectivity index is 1.22. The summed E-state index contributed by atoms with van der Waals surface area (Å²) in [7, 11) is 0. The van der Waals surface area contributed by atoms with Crippen LogP contribution in [0.15, 0.2) is 136 Å². The Kier molecular flexibility index (Phi) is 7.40. The maximum absolute atomic E-state index is 7.22. The van der Waals surface area contributed by atoms with Gasteiger partial charge in [-0.25, -0.2) is 0 Å². The Morgan fingerprint density at radius 2 is 1.21 bits per heavy atom. The minimum atomic E-state index is -0.168. The summed E-state index contributed by atoms with van der Waals surface area (Å²) in [5.41, 5.74) is 19.0. The standard InChI is InChI=1S/C57H49BN2O2S/c1-32-27-42-43(57(7,8)26-25-56(42,5)6)30-44(32)59-52-50-40(29-41-36-16-10-13-19-47(36)62-53(41)52)38-28-39-35-15-9-12-18-46(35)61-48(39)31-45(38)60(34-23-21-33(22-24-34)55(2,3)4)58(50)51-37-17-11-14-20-49(37)63-54(51)59/h9-24,27-31H,25-26H2,1-8H3. The maximum Gasteiger partial charge on any atom is 0.334 e. The predicted molar refractivity (Wildman–Crippen MR) is 269 cm³/mol. The van der Waals surface area contributed by atoms with E-state index in [1.165, 1.54) is 71.5 Å². The van der Waals surface area contributed by atoms with E-state index in [2.05, 4.69) is 192 Å². The summed E-state index contributed by atoms with van der Waals surface area (Å²) >= 11 is 1.91. The number of rotatable bonds is 2. The summed E-state index contributed by atoms with van der Waals surface area (Å²) in [6.07, 6.45) is 2.33. The molecule has 4 nitrogen and oxygen atoms in total. The normalized spacial score (nSPS) is 16.3. The molecule has 63 heavy (non-hydrogen) atoms. The second kappa shape index (κ2) is 12.5. The molecule has 2 aliphatic heterocycles. The molecular weight excluding hydrogens is 788 g/mol. The molecular formula is C57H49BN2O2S. The molecule has 10 aromatic rings. The van der Waals surface area contributed by atoms with Crippen LogP contribution in [0.1, 0.15) is 83.6 Å². The van der Waals surface area contributed by atoms with Crippen molar-refractivity contribution in [3.63, 3.8) is 0 Å². The number of hydrogen-bond donors (Lipinski definition) is 0. The number of hydrogen-bond acceptors (Lipinski definition) is 5. The maximum atomic E-state index is 7.22. The molecule has 0 saturated carbocycles. The smallest absolute Gasteiger partial charge is 0.334 e. The number of para-hydroxylation sites is 2. The van der Waals surface area contributed by atoms with E-state index in [-0.39, 0.29) is 23.1 Å². The number of aryl methyl sites for hydroxylation is 1. The minimum absolute atomic E-state index is 0.0179. The van der Waals surface area contributed by atoms with Crippen molar-refractivity contribution in [3.05, 3.63) is 150 Å². The molecule has 0 saturated heterocycles. The average Bonchev–Trinajstić information content (AvgIpc) is 3.96. The molecule has 0 radical (unpaired) electrons. The first-order valence-electron chi connectivity index (χ1n) is 22.6. The fraction of sp³-hybridized carbons (Fsp3) is 0.228. The van der Waals surface area contributed by atoms with Crippen molar-refractivity contribution in [2.24, 2.45) is 0 Å². The van der Waals surface area contributed by atoms with Crippen molar-refractivity contribution >= 4 is 111 Å². The Morgan fingerprint density at radius 1 is 0.587 bits per heavy atom. The summed E-state index contributed by atoms with van der Waals surface area (Å²) in [5.74, 6) is 0. The quantitative estimate of drug-likeness (QED) is 0.162.